The minimum Gasteiger partial charge on any atom is -0.494 e. The van der Waals surface area contributed by atoms with E-state index < -0.39 is 5.60 Å². The third-order valence-electron chi connectivity index (χ3n) is 3.01. The first-order valence-corrected chi connectivity index (χ1v) is 8.37. The van der Waals surface area contributed by atoms with Crippen molar-refractivity contribution >= 4 is 22.0 Å². The van der Waals surface area contributed by atoms with Crippen LogP contribution in [0.4, 0.5) is 4.79 Å². The molecule has 124 valence electrons. The summed E-state index contributed by atoms with van der Waals surface area (Å²) in [7, 11) is 1.74. The zero-order valence-corrected chi connectivity index (χ0v) is 15.7. The maximum Gasteiger partial charge on any atom is 0.410 e. The molecule has 22 heavy (non-hydrogen) atoms. The Balaban J connectivity index is 2.34. The lowest BCUT2D eigenvalue weighted by atomic mass is 10.2. The van der Waals surface area contributed by atoms with Crippen LogP contribution in [0.1, 0.15) is 39.7 Å². The van der Waals surface area contributed by atoms with Gasteiger partial charge in [-0.1, -0.05) is 22.9 Å². The number of aryl methyl sites for hydroxylation is 1. The Morgan fingerprint density at radius 2 is 2.00 bits per heavy atom. The number of rotatable bonds is 6. The summed E-state index contributed by atoms with van der Waals surface area (Å²) in [4.78, 5) is 13.4. The average Bonchev–Trinajstić information content (AvgIpc) is 2.43. The molecular formula is C17H26BrNO3. The summed E-state index contributed by atoms with van der Waals surface area (Å²) in [6.45, 7) is 8.87. The first kappa shape index (κ1) is 18.8. The highest BCUT2D eigenvalue weighted by Gasteiger charge is 2.19. The average molecular weight is 372 g/mol. The molecule has 0 saturated carbocycles. The van der Waals surface area contributed by atoms with Gasteiger partial charge in [-0.2, -0.15) is 0 Å². The van der Waals surface area contributed by atoms with Gasteiger partial charge in [0.25, 0.3) is 0 Å². The molecule has 0 saturated heterocycles. The van der Waals surface area contributed by atoms with Crippen LogP contribution in [0.25, 0.3) is 0 Å². The topological polar surface area (TPSA) is 38.8 Å². The van der Waals surface area contributed by atoms with Gasteiger partial charge in [-0.05, 0) is 57.4 Å². The molecule has 1 aromatic rings. The number of hydrogen-bond acceptors (Lipinski definition) is 3. The molecule has 5 heteroatoms. The van der Waals surface area contributed by atoms with E-state index in [0.717, 1.165) is 23.1 Å². The van der Waals surface area contributed by atoms with E-state index in [9.17, 15) is 4.79 Å². The van der Waals surface area contributed by atoms with E-state index in [1.807, 2.05) is 39.0 Å². The quantitative estimate of drug-likeness (QED) is 0.683. The maximum absolute atomic E-state index is 11.8. The third-order valence-corrected chi connectivity index (χ3v) is 3.78. The van der Waals surface area contributed by atoms with E-state index in [4.69, 9.17) is 9.47 Å². The Morgan fingerprint density at radius 1 is 1.32 bits per heavy atom. The molecular weight excluding hydrogens is 346 g/mol. The smallest absolute Gasteiger partial charge is 0.410 e. The molecule has 0 radical (unpaired) electrons. The number of carbonyl (C=O) groups is 1. The van der Waals surface area contributed by atoms with Crippen molar-refractivity contribution in [3.63, 3.8) is 0 Å². The summed E-state index contributed by atoms with van der Waals surface area (Å²) in [5.74, 6) is 0.861. The van der Waals surface area contributed by atoms with Gasteiger partial charge in [-0.3, -0.25) is 0 Å². The highest BCUT2D eigenvalue weighted by Crippen LogP contribution is 2.23. The van der Waals surface area contributed by atoms with Crippen LogP contribution in [0, 0.1) is 0 Å². The monoisotopic (exact) mass is 371 g/mol. The maximum atomic E-state index is 11.8. The van der Waals surface area contributed by atoms with Crippen molar-refractivity contribution in [3.8, 4) is 5.75 Å². The number of ether oxygens (including phenoxy) is 2. The van der Waals surface area contributed by atoms with Crippen molar-refractivity contribution in [2.45, 2.75) is 46.1 Å². The molecule has 0 spiro atoms. The molecule has 0 heterocycles. The summed E-state index contributed by atoms with van der Waals surface area (Å²) in [6, 6.07) is 5.99. The van der Waals surface area contributed by atoms with Gasteiger partial charge in [0.2, 0.25) is 0 Å². The van der Waals surface area contributed by atoms with Crippen LogP contribution < -0.4 is 4.74 Å². The second kappa shape index (κ2) is 8.42. The molecule has 0 aliphatic heterocycles. The number of carbonyl (C=O) groups excluding carboxylic acids is 1. The molecule has 4 nitrogen and oxygen atoms in total. The molecule has 0 N–H and O–H groups in total. The van der Waals surface area contributed by atoms with Crippen LogP contribution in [0.2, 0.25) is 0 Å². The Hall–Kier alpha value is -1.23. The van der Waals surface area contributed by atoms with Gasteiger partial charge in [-0.15, -0.1) is 0 Å². The van der Waals surface area contributed by atoms with Gasteiger partial charge < -0.3 is 14.4 Å². The van der Waals surface area contributed by atoms with Crippen molar-refractivity contribution in [2.75, 3.05) is 20.2 Å². The first-order chi connectivity index (χ1) is 10.2. The number of hydrogen-bond donors (Lipinski definition) is 0. The van der Waals surface area contributed by atoms with Gasteiger partial charge >= 0.3 is 6.09 Å². The van der Waals surface area contributed by atoms with Crippen molar-refractivity contribution < 1.29 is 14.3 Å². The van der Waals surface area contributed by atoms with Crippen molar-refractivity contribution in [3.05, 3.63) is 28.2 Å². The van der Waals surface area contributed by atoms with Gasteiger partial charge in [0.05, 0.1) is 6.61 Å². The molecule has 0 atom stereocenters. The first-order valence-electron chi connectivity index (χ1n) is 7.58. The zero-order chi connectivity index (χ0) is 16.8. The summed E-state index contributed by atoms with van der Waals surface area (Å²) >= 11 is 3.52. The number of amides is 1. The Kier molecular flexibility index (Phi) is 7.20. The predicted octanol–water partition coefficient (Wildman–Crippen LogP) is 4.65. The van der Waals surface area contributed by atoms with Crippen LogP contribution in [0.3, 0.4) is 0 Å². The minimum atomic E-state index is -0.462. The highest BCUT2D eigenvalue weighted by molar-refractivity contribution is 9.10. The van der Waals surface area contributed by atoms with E-state index in [1.165, 1.54) is 5.56 Å². The predicted molar refractivity (Wildman–Crippen MR) is 92.5 cm³/mol. The van der Waals surface area contributed by atoms with Gasteiger partial charge in [0.15, 0.2) is 0 Å². The van der Waals surface area contributed by atoms with Gasteiger partial charge in [0, 0.05) is 18.1 Å². The van der Waals surface area contributed by atoms with E-state index in [-0.39, 0.29) is 6.09 Å². The van der Waals surface area contributed by atoms with Crippen LogP contribution in [-0.2, 0) is 11.2 Å². The summed E-state index contributed by atoms with van der Waals surface area (Å²) in [5.41, 5.74) is 0.763. The highest BCUT2D eigenvalue weighted by atomic mass is 79.9. The Morgan fingerprint density at radius 3 is 2.59 bits per heavy atom. The van der Waals surface area contributed by atoms with Crippen LogP contribution in [0.15, 0.2) is 22.7 Å². The summed E-state index contributed by atoms with van der Waals surface area (Å²) in [6.07, 6.45) is 1.41. The fraction of sp³-hybridized carbons (Fsp3) is 0.588. The molecule has 1 rings (SSSR count). The number of benzene rings is 1. The second-order valence-electron chi connectivity index (χ2n) is 6.21. The molecule has 0 aliphatic carbocycles. The van der Waals surface area contributed by atoms with E-state index in [2.05, 4.69) is 22.9 Å². The van der Waals surface area contributed by atoms with Crippen molar-refractivity contribution in [1.29, 1.82) is 0 Å². The second-order valence-corrected chi connectivity index (χ2v) is 7.07. The molecule has 0 aliphatic rings. The molecule has 0 fully saturated rings. The SMILES string of the molecule is CCc1cc(OCCCN(C)C(=O)OC(C)(C)C)ccc1Br. The fourth-order valence-corrected chi connectivity index (χ4v) is 2.36. The normalized spacial score (nSPS) is 11.2. The Bertz CT molecular complexity index is 497. The third kappa shape index (κ3) is 6.69. The van der Waals surface area contributed by atoms with Crippen LogP contribution in [-0.4, -0.2) is 36.8 Å². The van der Waals surface area contributed by atoms with Gasteiger partial charge in [-0.25, -0.2) is 4.79 Å². The number of nitrogens with zero attached hydrogens (tertiary/aromatic N) is 1. The van der Waals surface area contributed by atoms with Crippen molar-refractivity contribution in [1.82, 2.24) is 4.90 Å². The minimum absolute atomic E-state index is 0.301. The lowest BCUT2D eigenvalue weighted by Gasteiger charge is -2.24. The Labute approximate surface area is 141 Å². The fourth-order valence-electron chi connectivity index (χ4n) is 1.83. The summed E-state index contributed by atoms with van der Waals surface area (Å²) < 4.78 is 12.1. The molecule has 1 aromatic carbocycles. The largest absolute Gasteiger partial charge is 0.494 e. The van der Waals surface area contributed by atoms with Crippen LogP contribution >= 0.6 is 15.9 Å². The molecule has 0 bridgehead atoms. The van der Waals surface area contributed by atoms with Crippen LogP contribution in [0.5, 0.6) is 5.75 Å². The standard InChI is InChI=1S/C17H26BrNO3/c1-6-13-12-14(8-9-15(13)18)21-11-7-10-19(5)16(20)22-17(2,3)4/h8-9,12H,6-7,10-11H2,1-5H3. The summed E-state index contributed by atoms with van der Waals surface area (Å²) in [5, 5.41) is 0. The molecule has 1 amide bonds. The molecule has 0 unspecified atom stereocenters. The number of halogens is 1. The lowest BCUT2D eigenvalue weighted by molar-refractivity contribution is 0.0292. The lowest BCUT2D eigenvalue weighted by Crippen LogP contribution is -2.35. The molecule has 0 aromatic heterocycles. The van der Waals surface area contributed by atoms with E-state index in [1.54, 1.807) is 11.9 Å². The van der Waals surface area contributed by atoms with Crippen molar-refractivity contribution in [2.24, 2.45) is 0 Å². The van der Waals surface area contributed by atoms with Gasteiger partial charge in [0.1, 0.15) is 11.4 Å². The van der Waals surface area contributed by atoms with E-state index >= 15 is 0 Å². The zero-order valence-electron chi connectivity index (χ0n) is 14.1. The van der Waals surface area contributed by atoms with E-state index in [0.29, 0.717) is 13.2 Å².